The zero-order valence-electron chi connectivity index (χ0n) is 10.9. The highest BCUT2D eigenvalue weighted by Gasteiger charge is 2.12. The lowest BCUT2D eigenvalue weighted by atomic mass is 10.0. The van der Waals surface area contributed by atoms with Crippen molar-refractivity contribution in [3.8, 4) is 5.75 Å². The molecule has 5 heteroatoms. The van der Waals surface area contributed by atoms with Gasteiger partial charge >= 0.3 is 0 Å². The summed E-state index contributed by atoms with van der Waals surface area (Å²) in [4.78, 5) is 8.40. The number of nitrogens with zero attached hydrogens (tertiary/aromatic N) is 2. The van der Waals surface area contributed by atoms with Gasteiger partial charge in [0, 0.05) is 11.2 Å². The van der Waals surface area contributed by atoms with Crippen molar-refractivity contribution in [3.63, 3.8) is 0 Å². The first-order valence-corrected chi connectivity index (χ1v) is 6.35. The molecule has 1 aromatic carbocycles. The van der Waals surface area contributed by atoms with Crippen LogP contribution in [-0.2, 0) is 6.42 Å². The maximum atomic E-state index is 6.18. The fraction of sp³-hybridized carbons (Fsp3) is 0.286. The molecule has 0 fully saturated rings. The summed E-state index contributed by atoms with van der Waals surface area (Å²) in [5.74, 6) is 1.50. The third-order valence-corrected chi connectivity index (χ3v) is 3.09. The molecule has 0 amide bonds. The molecule has 2 aromatic rings. The monoisotopic (exact) mass is 277 g/mol. The molecular formula is C14H16ClN3O. The number of methoxy groups -OCH3 is 1. The van der Waals surface area contributed by atoms with Gasteiger partial charge in [0.25, 0.3) is 0 Å². The van der Waals surface area contributed by atoms with Crippen molar-refractivity contribution in [3.05, 3.63) is 52.6 Å². The number of aromatic nitrogens is 2. The molecule has 0 aliphatic rings. The van der Waals surface area contributed by atoms with Crippen LogP contribution in [0, 0.1) is 6.92 Å². The Hall–Kier alpha value is -1.65. The molecule has 1 atom stereocenters. The molecule has 0 saturated carbocycles. The second-order valence-electron chi connectivity index (χ2n) is 4.30. The van der Waals surface area contributed by atoms with E-state index in [4.69, 9.17) is 22.1 Å². The molecule has 1 unspecified atom stereocenters. The number of aryl methyl sites for hydroxylation is 1. The van der Waals surface area contributed by atoms with Gasteiger partial charge in [-0.15, -0.1) is 0 Å². The molecule has 0 aliphatic heterocycles. The number of benzene rings is 1. The molecule has 1 heterocycles. The van der Waals surface area contributed by atoms with Gasteiger partial charge in [-0.1, -0.05) is 11.6 Å². The van der Waals surface area contributed by atoms with Crippen LogP contribution < -0.4 is 10.5 Å². The fourth-order valence-electron chi connectivity index (χ4n) is 1.93. The van der Waals surface area contributed by atoms with Gasteiger partial charge in [0.15, 0.2) is 0 Å². The zero-order valence-corrected chi connectivity index (χ0v) is 11.7. The predicted molar refractivity (Wildman–Crippen MR) is 75.4 cm³/mol. The number of ether oxygens (including phenoxy) is 1. The van der Waals surface area contributed by atoms with E-state index in [1.807, 2.05) is 25.1 Å². The Kier molecular flexibility index (Phi) is 4.35. The van der Waals surface area contributed by atoms with E-state index < -0.39 is 0 Å². The van der Waals surface area contributed by atoms with Gasteiger partial charge in [-0.2, -0.15) is 0 Å². The summed E-state index contributed by atoms with van der Waals surface area (Å²) in [5, 5.41) is 0.668. The number of halogens is 1. The van der Waals surface area contributed by atoms with Crippen LogP contribution in [-0.4, -0.2) is 17.1 Å². The van der Waals surface area contributed by atoms with E-state index in [-0.39, 0.29) is 6.04 Å². The number of hydrogen-bond acceptors (Lipinski definition) is 4. The minimum Gasteiger partial charge on any atom is -0.496 e. The second kappa shape index (κ2) is 5.99. The van der Waals surface area contributed by atoms with Crippen molar-refractivity contribution in [2.75, 3.05) is 7.11 Å². The lowest BCUT2D eigenvalue weighted by Crippen LogP contribution is -2.16. The summed E-state index contributed by atoms with van der Waals surface area (Å²) in [6, 6.07) is 7.12. The van der Waals surface area contributed by atoms with Crippen LogP contribution in [0.25, 0.3) is 0 Å². The van der Waals surface area contributed by atoms with Crippen LogP contribution in [0.4, 0.5) is 0 Å². The molecule has 0 radical (unpaired) electrons. The molecule has 1 aromatic heterocycles. The van der Waals surface area contributed by atoms with E-state index in [2.05, 4.69) is 9.97 Å². The quantitative estimate of drug-likeness (QED) is 0.933. The summed E-state index contributed by atoms with van der Waals surface area (Å²) < 4.78 is 5.31. The topological polar surface area (TPSA) is 61.0 Å². The summed E-state index contributed by atoms with van der Waals surface area (Å²) in [5.41, 5.74) is 7.97. The van der Waals surface area contributed by atoms with E-state index in [1.54, 1.807) is 19.4 Å². The number of nitrogens with two attached hydrogens (primary N) is 1. The average molecular weight is 278 g/mol. The van der Waals surface area contributed by atoms with Crippen LogP contribution in [0.1, 0.15) is 23.1 Å². The third kappa shape index (κ3) is 3.43. The number of hydrogen-bond donors (Lipinski definition) is 1. The lowest BCUT2D eigenvalue weighted by Gasteiger charge is -2.14. The smallest absolute Gasteiger partial charge is 0.125 e. The van der Waals surface area contributed by atoms with E-state index in [0.717, 1.165) is 17.0 Å². The Morgan fingerprint density at radius 1 is 1.37 bits per heavy atom. The average Bonchev–Trinajstić information content (AvgIpc) is 2.39. The summed E-state index contributed by atoms with van der Waals surface area (Å²) in [6.07, 6.45) is 2.33. The standard InChI is InChI=1S/C14H16ClN3O/c1-9-17-6-5-13(18-9)12(16)8-10-7-11(15)3-4-14(10)19-2/h3-7,12H,8,16H2,1-2H3. The Balaban J connectivity index is 2.23. The normalized spacial score (nSPS) is 12.2. The highest BCUT2D eigenvalue weighted by atomic mass is 35.5. The molecule has 0 saturated heterocycles. The summed E-state index contributed by atoms with van der Waals surface area (Å²) >= 11 is 6.01. The molecule has 0 aliphatic carbocycles. The van der Waals surface area contributed by atoms with Crippen LogP contribution in [0.5, 0.6) is 5.75 Å². The van der Waals surface area contributed by atoms with Crippen molar-refractivity contribution in [2.24, 2.45) is 5.73 Å². The van der Waals surface area contributed by atoms with Gasteiger partial charge in [0.1, 0.15) is 11.6 Å². The molecule has 0 spiro atoms. The molecule has 2 N–H and O–H groups in total. The predicted octanol–water partition coefficient (Wildman–Crippen LogP) is 2.69. The Morgan fingerprint density at radius 3 is 2.84 bits per heavy atom. The molecule has 0 bridgehead atoms. The van der Waals surface area contributed by atoms with Crippen LogP contribution in [0.2, 0.25) is 5.02 Å². The van der Waals surface area contributed by atoms with Crippen molar-refractivity contribution in [1.29, 1.82) is 0 Å². The fourth-order valence-corrected chi connectivity index (χ4v) is 2.12. The van der Waals surface area contributed by atoms with Crippen LogP contribution >= 0.6 is 11.6 Å². The summed E-state index contributed by atoms with van der Waals surface area (Å²) in [7, 11) is 1.63. The highest BCUT2D eigenvalue weighted by Crippen LogP contribution is 2.26. The molecule has 4 nitrogen and oxygen atoms in total. The maximum Gasteiger partial charge on any atom is 0.125 e. The van der Waals surface area contributed by atoms with E-state index in [9.17, 15) is 0 Å². The molecule has 2 rings (SSSR count). The van der Waals surface area contributed by atoms with E-state index in [1.165, 1.54) is 0 Å². The SMILES string of the molecule is COc1ccc(Cl)cc1CC(N)c1ccnc(C)n1. The lowest BCUT2D eigenvalue weighted by molar-refractivity contribution is 0.408. The van der Waals surface area contributed by atoms with Crippen molar-refractivity contribution in [1.82, 2.24) is 9.97 Å². The maximum absolute atomic E-state index is 6.18. The minimum absolute atomic E-state index is 0.214. The molecule has 100 valence electrons. The van der Waals surface area contributed by atoms with Gasteiger partial charge in [-0.25, -0.2) is 9.97 Å². The highest BCUT2D eigenvalue weighted by molar-refractivity contribution is 6.30. The van der Waals surface area contributed by atoms with Crippen LogP contribution in [0.15, 0.2) is 30.5 Å². The first kappa shape index (κ1) is 13.8. The third-order valence-electron chi connectivity index (χ3n) is 2.86. The van der Waals surface area contributed by atoms with Crippen LogP contribution in [0.3, 0.4) is 0 Å². The van der Waals surface area contributed by atoms with Gasteiger partial charge in [-0.05, 0) is 43.2 Å². The summed E-state index contributed by atoms with van der Waals surface area (Å²) in [6.45, 7) is 1.84. The molecule has 19 heavy (non-hydrogen) atoms. The van der Waals surface area contributed by atoms with E-state index in [0.29, 0.717) is 17.3 Å². The van der Waals surface area contributed by atoms with Gasteiger partial charge in [0.2, 0.25) is 0 Å². The zero-order chi connectivity index (χ0) is 13.8. The van der Waals surface area contributed by atoms with E-state index >= 15 is 0 Å². The molecular weight excluding hydrogens is 262 g/mol. The van der Waals surface area contributed by atoms with Crippen molar-refractivity contribution >= 4 is 11.6 Å². The largest absolute Gasteiger partial charge is 0.496 e. The van der Waals surface area contributed by atoms with Crippen molar-refractivity contribution in [2.45, 2.75) is 19.4 Å². The minimum atomic E-state index is -0.214. The Labute approximate surface area is 117 Å². The van der Waals surface area contributed by atoms with Gasteiger partial charge < -0.3 is 10.5 Å². The Morgan fingerprint density at radius 2 is 2.16 bits per heavy atom. The second-order valence-corrected chi connectivity index (χ2v) is 4.73. The van der Waals surface area contributed by atoms with Gasteiger partial charge in [-0.3, -0.25) is 0 Å². The number of rotatable bonds is 4. The first-order valence-electron chi connectivity index (χ1n) is 5.97. The van der Waals surface area contributed by atoms with Gasteiger partial charge in [0.05, 0.1) is 18.8 Å². The Bertz CT molecular complexity index is 574. The first-order chi connectivity index (χ1) is 9.10. The van der Waals surface area contributed by atoms with Crippen molar-refractivity contribution < 1.29 is 4.74 Å².